The quantitative estimate of drug-likeness (QED) is 0.736. The second-order valence-electron chi connectivity index (χ2n) is 6.72. The van der Waals surface area contributed by atoms with Gasteiger partial charge in [-0.1, -0.05) is 38.1 Å². The van der Waals surface area contributed by atoms with Crippen LogP contribution < -0.4 is 0 Å². The number of rotatable bonds is 8. The third kappa shape index (κ3) is 3.89. The zero-order chi connectivity index (χ0) is 15.5. The number of likely N-dealkylation sites (N-methyl/N-ethyl adjacent to an activating group) is 1. The molecule has 3 rings (SSSR count). The van der Waals surface area contributed by atoms with E-state index in [1.54, 1.807) is 0 Å². The zero-order valence-electron chi connectivity index (χ0n) is 13.9. The number of amides is 1. The first-order chi connectivity index (χ1) is 10.7. The van der Waals surface area contributed by atoms with Gasteiger partial charge in [-0.05, 0) is 49.8 Å². The molecule has 0 unspecified atom stereocenters. The molecule has 3 heteroatoms. The Morgan fingerprint density at radius 3 is 2.09 bits per heavy atom. The summed E-state index contributed by atoms with van der Waals surface area (Å²) in [5, 5.41) is 0. The molecule has 0 bridgehead atoms. The molecule has 3 nitrogen and oxygen atoms in total. The molecular formula is C19H28N2O. The van der Waals surface area contributed by atoms with Gasteiger partial charge in [0.25, 0.3) is 0 Å². The van der Waals surface area contributed by atoms with E-state index < -0.39 is 0 Å². The molecule has 0 radical (unpaired) electrons. The van der Waals surface area contributed by atoms with Gasteiger partial charge in [0.15, 0.2) is 0 Å². The van der Waals surface area contributed by atoms with E-state index in [1.165, 1.54) is 36.8 Å². The van der Waals surface area contributed by atoms with E-state index >= 15 is 0 Å². The number of nitrogens with zero attached hydrogens (tertiary/aromatic N) is 2. The Bertz CT molecular complexity index is 503. The minimum Gasteiger partial charge on any atom is -0.334 e. The van der Waals surface area contributed by atoms with Crippen LogP contribution in [0.4, 0.5) is 0 Å². The maximum absolute atomic E-state index is 12.7. The second-order valence-corrected chi connectivity index (χ2v) is 6.72. The molecule has 2 aliphatic carbocycles. The molecule has 2 saturated carbocycles. The van der Waals surface area contributed by atoms with E-state index in [0.717, 1.165) is 19.5 Å². The highest BCUT2D eigenvalue weighted by Gasteiger charge is 2.35. The molecule has 0 aromatic heterocycles. The lowest BCUT2D eigenvalue weighted by molar-refractivity contribution is -0.133. The lowest BCUT2D eigenvalue weighted by Gasteiger charge is -2.27. The second kappa shape index (κ2) is 6.82. The molecule has 1 amide bonds. The third-order valence-electron chi connectivity index (χ3n) is 4.90. The number of hydrogen-bond donors (Lipinski definition) is 0. The SMILES string of the molecule is CCc1ccc(CN(C(=O)CN(CC)C2CC2)C2CC2)cc1. The molecule has 2 aliphatic rings. The van der Waals surface area contributed by atoms with Crippen LogP contribution in [0.2, 0.25) is 0 Å². The summed E-state index contributed by atoms with van der Waals surface area (Å²) in [5.74, 6) is 0.316. The molecular weight excluding hydrogens is 272 g/mol. The molecule has 0 N–H and O–H groups in total. The number of carbonyl (C=O) groups is 1. The molecule has 0 atom stereocenters. The van der Waals surface area contributed by atoms with Crippen molar-refractivity contribution in [1.29, 1.82) is 0 Å². The van der Waals surface area contributed by atoms with Gasteiger partial charge >= 0.3 is 0 Å². The summed E-state index contributed by atoms with van der Waals surface area (Å²) in [6, 6.07) is 9.89. The molecule has 22 heavy (non-hydrogen) atoms. The third-order valence-corrected chi connectivity index (χ3v) is 4.90. The maximum Gasteiger partial charge on any atom is 0.237 e. The first-order valence-corrected chi connectivity index (χ1v) is 8.82. The summed E-state index contributed by atoms with van der Waals surface area (Å²) < 4.78 is 0. The van der Waals surface area contributed by atoms with Gasteiger partial charge in [0.2, 0.25) is 5.91 Å². The predicted octanol–water partition coefficient (Wildman–Crippen LogP) is 3.22. The van der Waals surface area contributed by atoms with Gasteiger partial charge in [-0.2, -0.15) is 0 Å². The van der Waals surface area contributed by atoms with Gasteiger partial charge in [-0.15, -0.1) is 0 Å². The van der Waals surface area contributed by atoms with E-state index in [1.807, 2.05) is 0 Å². The van der Waals surface area contributed by atoms with Gasteiger partial charge in [0.1, 0.15) is 0 Å². The van der Waals surface area contributed by atoms with Crippen molar-refractivity contribution in [2.45, 2.75) is 64.6 Å². The summed E-state index contributed by atoms with van der Waals surface area (Å²) in [5.41, 5.74) is 2.62. The molecule has 0 aliphatic heterocycles. The van der Waals surface area contributed by atoms with Crippen molar-refractivity contribution in [2.75, 3.05) is 13.1 Å². The molecule has 0 saturated heterocycles. The minimum absolute atomic E-state index is 0.316. The monoisotopic (exact) mass is 300 g/mol. The van der Waals surface area contributed by atoms with Crippen LogP contribution in [0.15, 0.2) is 24.3 Å². The summed E-state index contributed by atoms with van der Waals surface area (Å²) in [6.07, 6.45) is 5.95. The van der Waals surface area contributed by atoms with Crippen LogP contribution >= 0.6 is 0 Å². The van der Waals surface area contributed by atoms with E-state index in [0.29, 0.717) is 24.5 Å². The predicted molar refractivity (Wildman–Crippen MR) is 89.7 cm³/mol. The summed E-state index contributed by atoms with van der Waals surface area (Å²) >= 11 is 0. The standard InChI is InChI=1S/C19H28N2O/c1-3-15-5-7-16(8-6-15)13-21(18-11-12-18)19(22)14-20(4-2)17-9-10-17/h5-8,17-18H,3-4,9-14H2,1-2H3. The van der Waals surface area contributed by atoms with Crippen LogP contribution in [-0.2, 0) is 17.8 Å². The van der Waals surface area contributed by atoms with Crippen molar-refractivity contribution in [1.82, 2.24) is 9.80 Å². The average Bonchev–Trinajstić information content (AvgIpc) is 3.42. The Kier molecular flexibility index (Phi) is 4.82. The Morgan fingerprint density at radius 1 is 1.00 bits per heavy atom. The summed E-state index contributed by atoms with van der Waals surface area (Å²) in [4.78, 5) is 17.2. The Balaban J connectivity index is 1.62. The van der Waals surface area contributed by atoms with Gasteiger partial charge in [-0.25, -0.2) is 0 Å². The van der Waals surface area contributed by atoms with E-state index in [2.05, 4.69) is 47.9 Å². The van der Waals surface area contributed by atoms with Crippen molar-refractivity contribution in [3.8, 4) is 0 Å². The van der Waals surface area contributed by atoms with E-state index in [4.69, 9.17) is 0 Å². The Morgan fingerprint density at radius 2 is 1.59 bits per heavy atom. The van der Waals surface area contributed by atoms with Crippen LogP contribution in [0.5, 0.6) is 0 Å². The van der Waals surface area contributed by atoms with Crippen molar-refractivity contribution in [2.24, 2.45) is 0 Å². The molecule has 120 valence electrons. The minimum atomic E-state index is 0.316. The summed E-state index contributed by atoms with van der Waals surface area (Å²) in [7, 11) is 0. The van der Waals surface area contributed by atoms with Gasteiger partial charge in [0, 0.05) is 18.6 Å². The average molecular weight is 300 g/mol. The smallest absolute Gasteiger partial charge is 0.237 e. The number of carbonyl (C=O) groups excluding carboxylic acids is 1. The zero-order valence-corrected chi connectivity index (χ0v) is 13.9. The van der Waals surface area contributed by atoms with Crippen LogP contribution in [0.3, 0.4) is 0 Å². The Hall–Kier alpha value is -1.35. The highest BCUT2D eigenvalue weighted by Crippen LogP contribution is 2.30. The Labute approximate surface area is 134 Å². The van der Waals surface area contributed by atoms with Crippen molar-refractivity contribution in [3.63, 3.8) is 0 Å². The van der Waals surface area contributed by atoms with Gasteiger partial charge < -0.3 is 4.90 Å². The fourth-order valence-corrected chi connectivity index (χ4v) is 3.09. The van der Waals surface area contributed by atoms with Crippen molar-refractivity contribution >= 4 is 5.91 Å². The van der Waals surface area contributed by atoms with Crippen LogP contribution in [0.1, 0.15) is 50.7 Å². The van der Waals surface area contributed by atoms with Crippen molar-refractivity contribution < 1.29 is 4.79 Å². The largest absolute Gasteiger partial charge is 0.334 e. The number of benzene rings is 1. The summed E-state index contributed by atoms with van der Waals surface area (Å²) in [6.45, 7) is 6.70. The molecule has 2 fully saturated rings. The van der Waals surface area contributed by atoms with Gasteiger partial charge in [-0.3, -0.25) is 9.69 Å². The fraction of sp³-hybridized carbons (Fsp3) is 0.632. The normalized spacial score (nSPS) is 17.8. The van der Waals surface area contributed by atoms with E-state index in [-0.39, 0.29) is 0 Å². The highest BCUT2D eigenvalue weighted by atomic mass is 16.2. The highest BCUT2D eigenvalue weighted by molar-refractivity contribution is 5.79. The van der Waals surface area contributed by atoms with E-state index in [9.17, 15) is 4.79 Å². The van der Waals surface area contributed by atoms with Gasteiger partial charge in [0.05, 0.1) is 6.54 Å². The molecule has 0 spiro atoms. The van der Waals surface area contributed by atoms with Crippen molar-refractivity contribution in [3.05, 3.63) is 35.4 Å². The lowest BCUT2D eigenvalue weighted by Crippen LogP contribution is -2.42. The number of aryl methyl sites for hydroxylation is 1. The van der Waals surface area contributed by atoms with Crippen LogP contribution in [0.25, 0.3) is 0 Å². The molecule has 1 aromatic rings. The van der Waals surface area contributed by atoms with Crippen LogP contribution in [-0.4, -0.2) is 40.9 Å². The lowest BCUT2D eigenvalue weighted by atomic mass is 10.1. The first-order valence-electron chi connectivity index (χ1n) is 8.82. The fourth-order valence-electron chi connectivity index (χ4n) is 3.09. The number of hydrogen-bond acceptors (Lipinski definition) is 2. The van der Waals surface area contributed by atoms with Crippen LogP contribution in [0, 0.1) is 0 Å². The maximum atomic E-state index is 12.7. The molecule has 1 aromatic carbocycles. The first kappa shape index (κ1) is 15.5. The topological polar surface area (TPSA) is 23.6 Å². The molecule has 0 heterocycles.